The number of amides is 1. The quantitative estimate of drug-likeness (QED) is 0.604. The molecule has 4 N–H and O–H groups in total. The lowest BCUT2D eigenvalue weighted by molar-refractivity contribution is 0.100. The Kier molecular flexibility index (Phi) is 5.41. The van der Waals surface area contributed by atoms with Gasteiger partial charge in [-0.05, 0) is 43.2 Å². The van der Waals surface area contributed by atoms with Crippen LogP contribution in [-0.4, -0.2) is 38.7 Å². The summed E-state index contributed by atoms with van der Waals surface area (Å²) in [5, 5.41) is 13.8. The highest BCUT2D eigenvalue weighted by Gasteiger charge is 2.28. The van der Waals surface area contributed by atoms with Crippen LogP contribution in [-0.2, 0) is 0 Å². The summed E-state index contributed by atoms with van der Waals surface area (Å²) in [5.74, 6) is -0.218. The van der Waals surface area contributed by atoms with Gasteiger partial charge in [-0.25, -0.2) is 14.1 Å². The molecule has 0 spiro atoms. The number of likely N-dealkylation sites (tertiary alicyclic amines) is 1. The highest BCUT2D eigenvalue weighted by atomic mass is 19.1. The molecule has 2 aromatic heterocycles. The van der Waals surface area contributed by atoms with E-state index in [1.165, 1.54) is 12.1 Å². The average molecular weight is 421 g/mol. The number of pyridine rings is 1. The largest absolute Gasteiger partial charge is 0.439 e. The van der Waals surface area contributed by atoms with Gasteiger partial charge in [-0.1, -0.05) is 0 Å². The van der Waals surface area contributed by atoms with E-state index in [-0.39, 0.29) is 23.3 Å². The fourth-order valence-electron chi connectivity index (χ4n) is 3.64. The number of halogens is 1. The Bertz CT molecular complexity index is 1140. The van der Waals surface area contributed by atoms with E-state index in [4.69, 9.17) is 16.2 Å². The molecule has 31 heavy (non-hydrogen) atoms. The summed E-state index contributed by atoms with van der Waals surface area (Å²) < 4.78 is 20.2. The summed E-state index contributed by atoms with van der Waals surface area (Å²) >= 11 is 0. The van der Waals surface area contributed by atoms with Crippen LogP contribution in [0.1, 0.15) is 29.2 Å². The molecule has 4 rings (SSSR count). The Hall–Kier alpha value is -4.13. The predicted octanol–water partition coefficient (Wildman–Crippen LogP) is 2.68. The van der Waals surface area contributed by atoms with Crippen molar-refractivity contribution >= 4 is 11.7 Å². The van der Waals surface area contributed by atoms with Gasteiger partial charge in [-0.15, -0.1) is 0 Å². The van der Waals surface area contributed by atoms with Gasteiger partial charge in [-0.3, -0.25) is 4.79 Å². The van der Waals surface area contributed by atoms with Gasteiger partial charge < -0.3 is 21.1 Å². The Labute approximate surface area is 177 Å². The van der Waals surface area contributed by atoms with Crippen molar-refractivity contribution in [3.05, 3.63) is 54.0 Å². The lowest BCUT2D eigenvalue weighted by Gasteiger charge is -2.29. The summed E-state index contributed by atoms with van der Waals surface area (Å²) in [7, 11) is 0. The average Bonchev–Trinajstić information content (AvgIpc) is 3.13. The first kappa shape index (κ1) is 20.2. The summed E-state index contributed by atoms with van der Waals surface area (Å²) in [5.41, 5.74) is 13.0. The van der Waals surface area contributed by atoms with E-state index < -0.39 is 11.7 Å². The second-order valence-electron chi connectivity index (χ2n) is 7.20. The van der Waals surface area contributed by atoms with Crippen LogP contribution in [0.15, 0.2) is 42.6 Å². The van der Waals surface area contributed by atoms with Gasteiger partial charge in [-0.2, -0.15) is 10.4 Å². The molecule has 1 amide bonds. The molecule has 1 fully saturated rings. The second kappa shape index (κ2) is 8.31. The number of nitrogen functional groups attached to an aromatic ring is 1. The summed E-state index contributed by atoms with van der Waals surface area (Å²) in [6.07, 6.45) is 4.83. The monoisotopic (exact) mass is 421 g/mol. The third-order valence-corrected chi connectivity index (χ3v) is 5.13. The van der Waals surface area contributed by atoms with Crippen molar-refractivity contribution in [2.45, 2.75) is 18.9 Å². The highest BCUT2D eigenvalue weighted by Crippen LogP contribution is 2.33. The molecule has 10 heteroatoms. The number of benzene rings is 1. The van der Waals surface area contributed by atoms with Crippen molar-refractivity contribution in [3.63, 3.8) is 0 Å². The molecule has 0 bridgehead atoms. The number of nitriles is 1. The molecule has 3 aromatic rings. The normalized spacial score (nSPS) is 16.0. The number of hydrogen-bond donors (Lipinski definition) is 2. The van der Waals surface area contributed by atoms with Gasteiger partial charge in [0.25, 0.3) is 5.91 Å². The molecule has 0 radical (unpaired) electrons. The number of anilines is 1. The lowest BCUT2D eigenvalue weighted by Crippen LogP contribution is -2.34. The maximum Gasteiger partial charge on any atom is 0.254 e. The third kappa shape index (κ3) is 4.11. The van der Waals surface area contributed by atoms with Crippen LogP contribution in [0, 0.1) is 17.3 Å². The van der Waals surface area contributed by atoms with E-state index in [9.17, 15) is 14.4 Å². The first-order chi connectivity index (χ1) is 15.0. The van der Waals surface area contributed by atoms with Gasteiger partial charge in [0, 0.05) is 18.2 Å². The molecule has 0 aliphatic carbocycles. The Morgan fingerprint density at radius 1 is 1.26 bits per heavy atom. The molecule has 1 atom stereocenters. The van der Waals surface area contributed by atoms with Gasteiger partial charge in [0.15, 0.2) is 6.19 Å². The van der Waals surface area contributed by atoms with Crippen LogP contribution < -0.4 is 16.2 Å². The number of carbonyl (C=O) groups is 1. The number of nitrogens with two attached hydrogens (primary N) is 2. The highest BCUT2D eigenvalue weighted by molar-refractivity contribution is 6.03. The van der Waals surface area contributed by atoms with E-state index in [0.717, 1.165) is 19.0 Å². The van der Waals surface area contributed by atoms with Crippen molar-refractivity contribution in [2.24, 2.45) is 5.73 Å². The minimum Gasteiger partial charge on any atom is -0.439 e. The van der Waals surface area contributed by atoms with Gasteiger partial charge >= 0.3 is 0 Å². The topological polar surface area (TPSA) is 136 Å². The maximum absolute atomic E-state index is 13.0. The Balaban J connectivity index is 1.63. The molecule has 0 saturated carbocycles. The first-order valence-corrected chi connectivity index (χ1v) is 9.68. The van der Waals surface area contributed by atoms with Crippen molar-refractivity contribution in [1.82, 2.24) is 19.7 Å². The van der Waals surface area contributed by atoms with E-state index in [0.29, 0.717) is 30.1 Å². The van der Waals surface area contributed by atoms with Crippen LogP contribution >= 0.6 is 0 Å². The zero-order valence-electron chi connectivity index (χ0n) is 16.5. The summed E-state index contributed by atoms with van der Waals surface area (Å²) in [4.78, 5) is 17.6. The second-order valence-corrected chi connectivity index (χ2v) is 7.20. The lowest BCUT2D eigenvalue weighted by atomic mass is 10.1. The van der Waals surface area contributed by atoms with Gasteiger partial charge in [0.05, 0.1) is 18.8 Å². The SMILES string of the molecule is N#CN1CCCC(n2nc(-c3ccc(Oc4ccc(F)cn4)cc3)c(C(N)=O)c2N)C1. The molecule has 3 heterocycles. The third-order valence-electron chi connectivity index (χ3n) is 5.13. The van der Waals surface area contributed by atoms with Crippen LogP contribution in [0.3, 0.4) is 0 Å². The zero-order chi connectivity index (χ0) is 22.0. The molecule has 1 unspecified atom stereocenters. The number of rotatable bonds is 5. The Morgan fingerprint density at radius 2 is 2.03 bits per heavy atom. The number of ether oxygens (including phenoxy) is 1. The molecule has 1 aromatic carbocycles. The van der Waals surface area contributed by atoms with Crippen molar-refractivity contribution in [3.8, 4) is 29.1 Å². The van der Waals surface area contributed by atoms with Crippen LogP contribution in [0.5, 0.6) is 11.6 Å². The molecular formula is C21H20FN7O2. The molecule has 9 nitrogen and oxygen atoms in total. The van der Waals surface area contributed by atoms with Crippen LogP contribution in [0.25, 0.3) is 11.3 Å². The van der Waals surface area contributed by atoms with E-state index >= 15 is 0 Å². The number of aromatic nitrogens is 3. The summed E-state index contributed by atoms with van der Waals surface area (Å²) in [6, 6.07) is 9.35. The van der Waals surface area contributed by atoms with Crippen molar-refractivity contribution in [1.29, 1.82) is 5.26 Å². The first-order valence-electron chi connectivity index (χ1n) is 9.68. The molecule has 158 valence electrons. The molecule has 1 aliphatic heterocycles. The number of nitrogens with zero attached hydrogens (tertiary/aromatic N) is 5. The van der Waals surface area contributed by atoms with E-state index in [2.05, 4.69) is 16.3 Å². The molecule has 1 aliphatic rings. The standard InChI is InChI=1S/C21H20FN7O2/c22-14-5-8-17(26-10-14)31-16-6-3-13(4-7-16)19-18(21(25)30)20(24)29(27-19)15-2-1-9-28(11-15)12-23/h3-8,10,15H,1-2,9,11,24H2,(H2,25,30). The number of carbonyl (C=O) groups excluding carboxylic acids is 1. The predicted molar refractivity (Wildman–Crippen MR) is 110 cm³/mol. The number of piperidine rings is 1. The number of hydrogen-bond acceptors (Lipinski definition) is 7. The minimum atomic E-state index is -0.678. The van der Waals surface area contributed by atoms with Crippen molar-refractivity contribution < 1.29 is 13.9 Å². The molecular weight excluding hydrogens is 401 g/mol. The minimum absolute atomic E-state index is 0.132. The fourth-order valence-corrected chi connectivity index (χ4v) is 3.64. The van der Waals surface area contributed by atoms with Crippen molar-refractivity contribution in [2.75, 3.05) is 18.8 Å². The summed E-state index contributed by atoms with van der Waals surface area (Å²) in [6.45, 7) is 1.16. The maximum atomic E-state index is 13.0. The molecule has 1 saturated heterocycles. The van der Waals surface area contributed by atoms with Gasteiger partial charge in [0.1, 0.15) is 28.6 Å². The van der Waals surface area contributed by atoms with Crippen LogP contribution in [0.4, 0.5) is 10.2 Å². The fraction of sp³-hybridized carbons (Fsp3) is 0.238. The smallest absolute Gasteiger partial charge is 0.254 e. The number of primary amides is 1. The van der Waals surface area contributed by atoms with E-state index in [1.54, 1.807) is 33.8 Å². The zero-order valence-corrected chi connectivity index (χ0v) is 16.5. The van der Waals surface area contributed by atoms with E-state index in [1.807, 2.05) is 0 Å². The Morgan fingerprint density at radius 3 is 2.68 bits per heavy atom. The van der Waals surface area contributed by atoms with Gasteiger partial charge in [0.2, 0.25) is 5.88 Å². The van der Waals surface area contributed by atoms with Crippen LogP contribution in [0.2, 0.25) is 0 Å².